The molecule has 8 bridgehead atoms. The molecule has 0 amide bonds. The molecule has 54 heavy (non-hydrogen) atoms. The van der Waals surface area contributed by atoms with Crippen LogP contribution in [0, 0.1) is 6.07 Å². The summed E-state index contributed by atoms with van der Waals surface area (Å²) in [5.74, 6) is 3.68. The number of rotatable bonds is 12. The van der Waals surface area contributed by atoms with Crippen LogP contribution in [0.4, 0.5) is 0 Å². The van der Waals surface area contributed by atoms with Crippen molar-refractivity contribution in [1.29, 1.82) is 0 Å². The van der Waals surface area contributed by atoms with Crippen LogP contribution >= 0.6 is 0 Å². The minimum Gasteiger partial charge on any atom is -1.00 e. The Kier molecular flexibility index (Phi) is 15.5. The molecule has 6 aromatic rings. The molecule has 0 heterocycles. The molecule has 0 spiro atoms. The van der Waals surface area contributed by atoms with Crippen LogP contribution in [0.5, 0.6) is 23.0 Å². The maximum absolute atomic E-state index is 6.80. The van der Waals surface area contributed by atoms with Gasteiger partial charge in [0, 0.05) is 31.2 Å². The van der Waals surface area contributed by atoms with E-state index in [0.29, 0.717) is 52.1 Å². The minimum atomic E-state index is 0. The summed E-state index contributed by atoms with van der Waals surface area (Å²) < 4.78 is 26.8. The first-order valence-electron chi connectivity index (χ1n) is 18.6. The third-order valence-corrected chi connectivity index (χ3v) is 9.51. The van der Waals surface area contributed by atoms with Gasteiger partial charge in [-0.2, -0.15) is 0 Å². The van der Waals surface area contributed by atoms with Gasteiger partial charge in [-0.05, 0) is 69.0 Å². The fourth-order valence-corrected chi connectivity index (χ4v) is 7.01. The Bertz CT molecular complexity index is 1850. The molecule has 0 aromatic heterocycles. The van der Waals surface area contributed by atoms with Crippen molar-refractivity contribution >= 4 is 0 Å². The SMILES string of the molecule is CCCOc1c2cccc1Cc1cccc(c1OCc1ccccc1)Cc1cccc(c1OCCC)Cc1cc[c]c(c1OCc1ccccc1)C2.[Cl-].[Hg+]. The zero-order chi connectivity index (χ0) is 35.5. The molecule has 1 aliphatic rings. The Morgan fingerprint density at radius 3 is 1.22 bits per heavy atom. The van der Waals surface area contributed by atoms with Crippen molar-refractivity contribution < 1.29 is 59.0 Å². The number of ether oxygens (including phenoxy) is 4. The molecule has 4 nitrogen and oxygen atoms in total. The summed E-state index contributed by atoms with van der Waals surface area (Å²) in [6.07, 6.45) is 4.48. The summed E-state index contributed by atoms with van der Waals surface area (Å²) in [6, 6.07) is 48.2. The second-order valence-electron chi connectivity index (χ2n) is 13.5. The average Bonchev–Trinajstić information content (AvgIpc) is 3.17. The molecule has 0 N–H and O–H groups in total. The van der Waals surface area contributed by atoms with Crippen LogP contribution in [0.3, 0.4) is 0 Å². The molecule has 1 aliphatic carbocycles. The first-order valence-corrected chi connectivity index (χ1v) is 18.6. The number of hydrogen-bond acceptors (Lipinski definition) is 4. The first kappa shape index (κ1) is 40.9. The van der Waals surface area contributed by atoms with Gasteiger partial charge in [-0.3, -0.25) is 0 Å². The molecule has 0 saturated carbocycles. The quantitative estimate of drug-likeness (QED) is 0.117. The van der Waals surface area contributed by atoms with Gasteiger partial charge in [0.15, 0.2) is 0 Å². The molecule has 272 valence electrons. The van der Waals surface area contributed by atoms with E-state index in [9.17, 15) is 0 Å². The second kappa shape index (κ2) is 20.4. The molecule has 6 aromatic carbocycles. The maximum Gasteiger partial charge on any atom is 1.00 e. The van der Waals surface area contributed by atoms with Crippen LogP contribution in [-0.2, 0) is 66.6 Å². The summed E-state index contributed by atoms with van der Waals surface area (Å²) in [6.45, 7) is 6.54. The molecule has 0 atom stereocenters. The maximum atomic E-state index is 6.80. The number of hydrogen-bond donors (Lipinski definition) is 0. The van der Waals surface area contributed by atoms with Crippen molar-refractivity contribution in [3.8, 4) is 23.0 Å². The van der Waals surface area contributed by atoms with Crippen LogP contribution < -0.4 is 31.4 Å². The van der Waals surface area contributed by atoms with Crippen molar-refractivity contribution in [2.45, 2.75) is 65.6 Å². The summed E-state index contributed by atoms with van der Waals surface area (Å²) in [5, 5.41) is 0. The molecular weight excluding hydrogens is 877 g/mol. The molecule has 7 rings (SSSR count). The predicted molar refractivity (Wildman–Crippen MR) is 209 cm³/mol. The number of fused-ring (bicyclic) bond motifs is 8. The van der Waals surface area contributed by atoms with Gasteiger partial charge in [-0.25, -0.2) is 0 Å². The van der Waals surface area contributed by atoms with Gasteiger partial charge in [-0.1, -0.05) is 141 Å². The Morgan fingerprint density at radius 1 is 0.426 bits per heavy atom. The number of halogens is 1. The van der Waals surface area contributed by atoms with Crippen molar-refractivity contribution in [3.63, 3.8) is 0 Å². The molecule has 0 aliphatic heterocycles. The number of benzene rings is 6. The Labute approximate surface area is 347 Å². The van der Waals surface area contributed by atoms with Crippen molar-refractivity contribution in [2.24, 2.45) is 0 Å². The zero-order valence-electron chi connectivity index (χ0n) is 31.4. The fourth-order valence-electron chi connectivity index (χ4n) is 7.01. The van der Waals surface area contributed by atoms with Crippen molar-refractivity contribution in [3.05, 3.63) is 189 Å². The van der Waals surface area contributed by atoms with E-state index < -0.39 is 0 Å². The van der Waals surface area contributed by atoms with E-state index in [-0.39, 0.29) is 40.1 Å². The normalized spacial score (nSPS) is 11.7. The molecular formula is C48H47ClHgO4. The molecule has 0 saturated heterocycles. The average molecular weight is 924 g/mol. The minimum absolute atomic E-state index is 0. The first-order chi connectivity index (χ1) is 25.7. The van der Waals surface area contributed by atoms with E-state index in [1.807, 2.05) is 18.2 Å². The monoisotopic (exact) mass is 924 g/mol. The van der Waals surface area contributed by atoms with Crippen LogP contribution in [0.1, 0.15) is 82.3 Å². The van der Waals surface area contributed by atoms with Crippen LogP contribution in [0.25, 0.3) is 0 Å². The van der Waals surface area contributed by atoms with Gasteiger partial charge in [0.25, 0.3) is 0 Å². The van der Waals surface area contributed by atoms with Gasteiger partial charge in [-0.15, -0.1) is 0 Å². The summed E-state index contributed by atoms with van der Waals surface area (Å²) in [7, 11) is 0. The second-order valence-corrected chi connectivity index (χ2v) is 13.5. The van der Waals surface area contributed by atoms with Gasteiger partial charge in [0.05, 0.1) is 13.2 Å². The van der Waals surface area contributed by atoms with E-state index in [1.165, 1.54) is 0 Å². The van der Waals surface area contributed by atoms with E-state index in [1.54, 1.807) is 0 Å². The largest absolute Gasteiger partial charge is 1.00 e. The molecule has 0 unspecified atom stereocenters. The standard InChI is InChI=1S/C48H47O4.ClH.Hg/c1-3-27-49-45-37-19-11-20-38(45)30-42-24-14-26-44(48(42)52-34-36-17-9-6-10-18-36)32-40-22-12-21-39(46(40)50-28-4-2)31-43-25-13-23-41(29-37)47(43)51-33-35-15-7-5-8-16-35;;/h5-25H,3-4,27-34H2,1-2H3;1H;/q;;+1/p-1. The van der Waals surface area contributed by atoms with Crippen LogP contribution in [-0.4, -0.2) is 13.2 Å². The van der Waals surface area contributed by atoms with E-state index in [0.717, 1.165) is 91.5 Å². The summed E-state index contributed by atoms with van der Waals surface area (Å²) in [4.78, 5) is 0. The number of para-hydroxylation sites is 3. The topological polar surface area (TPSA) is 36.9 Å². The van der Waals surface area contributed by atoms with E-state index in [2.05, 4.69) is 129 Å². The van der Waals surface area contributed by atoms with Crippen LogP contribution in [0.2, 0.25) is 0 Å². The Balaban J connectivity index is 0.00000280. The Morgan fingerprint density at radius 2 is 0.796 bits per heavy atom. The fraction of sp³-hybridized carbons (Fsp3) is 0.250. The smallest absolute Gasteiger partial charge is 1.00 e. The van der Waals surface area contributed by atoms with Gasteiger partial charge < -0.3 is 31.4 Å². The van der Waals surface area contributed by atoms with Crippen molar-refractivity contribution in [1.82, 2.24) is 0 Å². The van der Waals surface area contributed by atoms with Crippen LogP contribution in [0.15, 0.2) is 127 Å². The van der Waals surface area contributed by atoms with E-state index in [4.69, 9.17) is 18.9 Å². The van der Waals surface area contributed by atoms with Gasteiger partial charge in [0.2, 0.25) is 0 Å². The third kappa shape index (κ3) is 10.1. The molecule has 6 heteroatoms. The Hall–Kier alpha value is -4.25. The van der Waals surface area contributed by atoms with Gasteiger partial charge >= 0.3 is 27.7 Å². The zero-order valence-corrected chi connectivity index (χ0v) is 37.7. The van der Waals surface area contributed by atoms with E-state index >= 15 is 0 Å². The third-order valence-electron chi connectivity index (χ3n) is 9.51. The summed E-state index contributed by atoms with van der Waals surface area (Å²) >= 11 is 0. The van der Waals surface area contributed by atoms with Crippen molar-refractivity contribution in [2.75, 3.05) is 13.2 Å². The summed E-state index contributed by atoms with van der Waals surface area (Å²) in [5.41, 5.74) is 11.2. The van der Waals surface area contributed by atoms with Gasteiger partial charge in [0.1, 0.15) is 36.2 Å². The molecule has 0 fully saturated rings. The predicted octanol–water partition coefficient (Wildman–Crippen LogP) is 7.90. The molecule has 2 radical (unpaired) electrons.